The lowest BCUT2D eigenvalue weighted by Gasteiger charge is -1.93. The zero-order chi connectivity index (χ0) is 10.3. The van der Waals surface area contributed by atoms with E-state index in [-0.39, 0.29) is 0 Å². The van der Waals surface area contributed by atoms with E-state index < -0.39 is 0 Å². The number of aryl methyl sites for hydroxylation is 1. The fraction of sp³-hybridized carbons (Fsp3) is 0.0833. The van der Waals surface area contributed by atoms with E-state index in [1.54, 1.807) is 0 Å². The minimum absolute atomic E-state index is 0.967. The third-order valence-corrected chi connectivity index (χ3v) is 2.55. The predicted molar refractivity (Wildman–Crippen MR) is 59.6 cm³/mol. The Kier molecular flexibility index (Phi) is 1.65. The van der Waals surface area contributed by atoms with Crippen LogP contribution in [-0.4, -0.2) is 14.0 Å². The molecule has 0 spiro atoms. The summed E-state index contributed by atoms with van der Waals surface area (Å²) in [6.07, 6.45) is 6.05. The van der Waals surface area contributed by atoms with Crippen LogP contribution < -0.4 is 0 Å². The van der Waals surface area contributed by atoms with Crippen LogP contribution in [0.5, 0.6) is 0 Å². The van der Waals surface area contributed by atoms with Crippen molar-refractivity contribution in [3.8, 4) is 11.3 Å². The molecular weight excluding hydrogens is 186 g/mol. The van der Waals surface area contributed by atoms with Gasteiger partial charge in [-0.25, -0.2) is 4.98 Å². The van der Waals surface area contributed by atoms with Gasteiger partial charge in [-0.2, -0.15) is 0 Å². The van der Waals surface area contributed by atoms with Gasteiger partial charge in [0.1, 0.15) is 0 Å². The van der Waals surface area contributed by atoms with Crippen molar-refractivity contribution < 1.29 is 0 Å². The monoisotopic (exact) mass is 197 g/mol. The van der Waals surface area contributed by atoms with Crippen molar-refractivity contribution in [2.75, 3.05) is 0 Å². The minimum atomic E-state index is 0.967. The molecule has 15 heavy (non-hydrogen) atoms. The van der Waals surface area contributed by atoms with Crippen LogP contribution in [0.25, 0.3) is 17.0 Å². The van der Waals surface area contributed by atoms with Gasteiger partial charge in [-0.1, -0.05) is 30.3 Å². The standard InChI is InChI=1S/C12H11N3/c1-14-7-8-15-9-11(13-12(14)15)10-5-3-2-4-6-10/h2-9H,1H3. The van der Waals surface area contributed by atoms with Crippen LogP contribution in [0, 0.1) is 0 Å². The maximum atomic E-state index is 4.57. The van der Waals surface area contributed by atoms with Crippen molar-refractivity contribution in [1.82, 2.24) is 14.0 Å². The van der Waals surface area contributed by atoms with E-state index in [1.807, 2.05) is 52.8 Å². The summed E-state index contributed by atoms with van der Waals surface area (Å²) >= 11 is 0. The van der Waals surface area contributed by atoms with E-state index in [1.165, 1.54) is 0 Å². The van der Waals surface area contributed by atoms with Crippen molar-refractivity contribution in [3.05, 3.63) is 48.9 Å². The molecule has 0 fully saturated rings. The Morgan fingerprint density at radius 2 is 1.87 bits per heavy atom. The van der Waals surface area contributed by atoms with E-state index in [2.05, 4.69) is 17.1 Å². The lowest BCUT2D eigenvalue weighted by atomic mass is 10.2. The second kappa shape index (κ2) is 2.98. The van der Waals surface area contributed by atoms with Gasteiger partial charge in [0, 0.05) is 31.2 Å². The fourth-order valence-electron chi connectivity index (χ4n) is 1.74. The quantitative estimate of drug-likeness (QED) is 0.587. The van der Waals surface area contributed by atoms with E-state index >= 15 is 0 Å². The first-order valence-electron chi connectivity index (χ1n) is 4.90. The molecule has 0 atom stereocenters. The van der Waals surface area contributed by atoms with Crippen molar-refractivity contribution in [3.63, 3.8) is 0 Å². The Labute approximate surface area is 87.6 Å². The summed E-state index contributed by atoms with van der Waals surface area (Å²) in [4.78, 5) is 4.57. The van der Waals surface area contributed by atoms with Crippen LogP contribution in [0.2, 0.25) is 0 Å². The average Bonchev–Trinajstić information content (AvgIpc) is 2.83. The van der Waals surface area contributed by atoms with Gasteiger partial charge in [0.2, 0.25) is 5.78 Å². The summed E-state index contributed by atoms with van der Waals surface area (Å²) in [5.41, 5.74) is 2.17. The highest BCUT2D eigenvalue weighted by Gasteiger charge is 2.05. The van der Waals surface area contributed by atoms with Crippen LogP contribution in [0.3, 0.4) is 0 Å². The highest BCUT2D eigenvalue weighted by Crippen LogP contribution is 2.18. The first-order valence-corrected chi connectivity index (χ1v) is 4.90. The van der Waals surface area contributed by atoms with E-state index in [9.17, 15) is 0 Å². The Bertz CT molecular complexity index is 590. The number of nitrogens with zero attached hydrogens (tertiary/aromatic N) is 3. The summed E-state index contributed by atoms with van der Waals surface area (Å²) in [5, 5.41) is 0. The topological polar surface area (TPSA) is 22.2 Å². The lowest BCUT2D eigenvalue weighted by Crippen LogP contribution is -1.86. The molecule has 0 saturated heterocycles. The zero-order valence-corrected chi connectivity index (χ0v) is 8.46. The van der Waals surface area contributed by atoms with Crippen molar-refractivity contribution in [1.29, 1.82) is 0 Å². The maximum Gasteiger partial charge on any atom is 0.214 e. The normalized spacial score (nSPS) is 11.0. The molecule has 3 nitrogen and oxygen atoms in total. The number of fused-ring (bicyclic) bond motifs is 1. The summed E-state index contributed by atoms with van der Waals surface area (Å²) in [6, 6.07) is 10.2. The molecule has 74 valence electrons. The highest BCUT2D eigenvalue weighted by atomic mass is 15.2. The van der Waals surface area contributed by atoms with Gasteiger partial charge < -0.3 is 4.57 Å². The molecule has 3 heteroatoms. The van der Waals surface area contributed by atoms with Crippen LogP contribution in [0.1, 0.15) is 0 Å². The second-order valence-corrected chi connectivity index (χ2v) is 3.61. The number of benzene rings is 1. The maximum absolute atomic E-state index is 4.57. The van der Waals surface area contributed by atoms with E-state index in [4.69, 9.17) is 0 Å². The number of aromatic nitrogens is 3. The third-order valence-electron chi connectivity index (χ3n) is 2.55. The summed E-state index contributed by atoms with van der Waals surface area (Å²) in [6.45, 7) is 0. The number of imidazole rings is 2. The molecule has 0 unspecified atom stereocenters. The Morgan fingerprint density at radius 1 is 1.07 bits per heavy atom. The van der Waals surface area contributed by atoms with Gasteiger partial charge in [0.15, 0.2) is 0 Å². The van der Waals surface area contributed by atoms with Crippen LogP contribution >= 0.6 is 0 Å². The van der Waals surface area contributed by atoms with Crippen molar-refractivity contribution in [2.24, 2.45) is 7.05 Å². The molecule has 0 aliphatic heterocycles. The fourth-order valence-corrected chi connectivity index (χ4v) is 1.74. The molecule has 1 aromatic carbocycles. The first kappa shape index (κ1) is 8.29. The molecule has 0 aliphatic carbocycles. The molecule has 2 aromatic heterocycles. The molecule has 0 N–H and O–H groups in total. The number of hydrogen-bond acceptors (Lipinski definition) is 1. The molecule has 0 aliphatic rings. The minimum Gasteiger partial charge on any atom is -0.320 e. The predicted octanol–water partition coefficient (Wildman–Crippen LogP) is 2.34. The number of hydrogen-bond donors (Lipinski definition) is 0. The Hall–Kier alpha value is -2.03. The van der Waals surface area contributed by atoms with Gasteiger partial charge in [0.25, 0.3) is 0 Å². The van der Waals surface area contributed by atoms with Crippen molar-refractivity contribution >= 4 is 5.78 Å². The van der Waals surface area contributed by atoms with Crippen molar-refractivity contribution in [2.45, 2.75) is 0 Å². The van der Waals surface area contributed by atoms with Gasteiger partial charge >= 0.3 is 0 Å². The molecule has 0 amide bonds. The largest absolute Gasteiger partial charge is 0.320 e. The van der Waals surface area contributed by atoms with Gasteiger partial charge in [-0.15, -0.1) is 0 Å². The molecule has 0 saturated carbocycles. The second-order valence-electron chi connectivity index (χ2n) is 3.61. The zero-order valence-electron chi connectivity index (χ0n) is 8.46. The average molecular weight is 197 g/mol. The Balaban J connectivity index is 2.20. The number of rotatable bonds is 1. The molecule has 3 rings (SSSR count). The highest BCUT2D eigenvalue weighted by molar-refractivity contribution is 5.61. The first-order chi connectivity index (χ1) is 7.34. The molecule has 2 heterocycles. The third kappa shape index (κ3) is 1.24. The van der Waals surface area contributed by atoms with Gasteiger partial charge in [0.05, 0.1) is 5.69 Å². The molecule has 3 aromatic rings. The molecule has 0 bridgehead atoms. The van der Waals surface area contributed by atoms with Crippen LogP contribution in [-0.2, 0) is 7.05 Å². The summed E-state index contributed by atoms with van der Waals surface area (Å²) in [7, 11) is 2.00. The Morgan fingerprint density at radius 3 is 2.60 bits per heavy atom. The van der Waals surface area contributed by atoms with Gasteiger partial charge in [-0.05, 0) is 0 Å². The summed E-state index contributed by atoms with van der Waals surface area (Å²) < 4.78 is 4.04. The summed E-state index contributed by atoms with van der Waals surface area (Å²) in [5.74, 6) is 0.967. The van der Waals surface area contributed by atoms with E-state index in [0.717, 1.165) is 17.0 Å². The molecular formula is C12H11N3. The SMILES string of the molecule is Cn1ccn2cc(-c3ccccc3)nc12. The van der Waals surface area contributed by atoms with E-state index in [0.29, 0.717) is 0 Å². The smallest absolute Gasteiger partial charge is 0.214 e. The lowest BCUT2D eigenvalue weighted by molar-refractivity contribution is 0.938. The molecule has 0 radical (unpaired) electrons. The van der Waals surface area contributed by atoms with Crippen LogP contribution in [0.15, 0.2) is 48.9 Å². The van der Waals surface area contributed by atoms with Gasteiger partial charge in [-0.3, -0.25) is 4.40 Å². The van der Waals surface area contributed by atoms with Crippen LogP contribution in [0.4, 0.5) is 0 Å².